The Bertz CT molecular complexity index is 383. The van der Waals surface area contributed by atoms with Gasteiger partial charge in [-0.15, -0.1) is 0 Å². The van der Waals surface area contributed by atoms with Crippen LogP contribution in [0, 0.1) is 5.92 Å². The summed E-state index contributed by atoms with van der Waals surface area (Å²) < 4.78 is 0. The highest BCUT2D eigenvalue weighted by atomic mass is 16.1. The summed E-state index contributed by atoms with van der Waals surface area (Å²) in [5.41, 5.74) is 1.14. The van der Waals surface area contributed by atoms with Gasteiger partial charge in [0.2, 0.25) is 5.91 Å². The molecule has 1 aliphatic carbocycles. The summed E-state index contributed by atoms with van der Waals surface area (Å²) in [6.45, 7) is 3.36. The fourth-order valence-electron chi connectivity index (χ4n) is 2.56. The summed E-state index contributed by atoms with van der Waals surface area (Å²) in [5, 5.41) is 6.31. The zero-order valence-electron chi connectivity index (χ0n) is 11.7. The predicted molar refractivity (Wildman–Crippen MR) is 77.7 cm³/mol. The average Bonchev–Trinajstić information content (AvgIpc) is 2.45. The van der Waals surface area contributed by atoms with Crippen LogP contribution in [0.2, 0.25) is 0 Å². The van der Waals surface area contributed by atoms with Gasteiger partial charge in [0.15, 0.2) is 0 Å². The van der Waals surface area contributed by atoms with Crippen LogP contribution < -0.4 is 10.6 Å². The van der Waals surface area contributed by atoms with Gasteiger partial charge in [0, 0.05) is 12.6 Å². The van der Waals surface area contributed by atoms with E-state index >= 15 is 0 Å². The van der Waals surface area contributed by atoms with Gasteiger partial charge in [-0.3, -0.25) is 4.79 Å². The normalized spacial score (nSPS) is 23.0. The second kappa shape index (κ2) is 7.29. The number of carbonyl (C=O) groups excluding carboxylic acids is 1. The van der Waals surface area contributed by atoms with Gasteiger partial charge in [0.05, 0.1) is 6.54 Å². The van der Waals surface area contributed by atoms with Gasteiger partial charge >= 0.3 is 0 Å². The first-order chi connectivity index (χ1) is 9.24. The van der Waals surface area contributed by atoms with Crippen molar-refractivity contribution in [1.82, 2.24) is 10.6 Å². The maximum absolute atomic E-state index is 11.7. The molecule has 0 atom stereocenters. The van der Waals surface area contributed by atoms with Gasteiger partial charge in [-0.05, 0) is 37.2 Å². The maximum Gasteiger partial charge on any atom is 0.234 e. The molecule has 1 aromatic rings. The van der Waals surface area contributed by atoms with Crippen LogP contribution in [0.15, 0.2) is 30.3 Å². The molecular formula is C16H24N2O. The van der Waals surface area contributed by atoms with Crippen molar-refractivity contribution in [3.63, 3.8) is 0 Å². The van der Waals surface area contributed by atoms with Crippen molar-refractivity contribution in [2.45, 2.75) is 45.2 Å². The van der Waals surface area contributed by atoms with Crippen LogP contribution in [-0.4, -0.2) is 18.5 Å². The summed E-state index contributed by atoms with van der Waals surface area (Å²) in [5.74, 6) is 0.937. The lowest BCUT2D eigenvalue weighted by Crippen LogP contribution is -2.40. The van der Waals surface area contributed by atoms with Crippen LogP contribution >= 0.6 is 0 Å². The van der Waals surface area contributed by atoms with Gasteiger partial charge in [0.25, 0.3) is 0 Å². The number of rotatable bonds is 5. The van der Waals surface area contributed by atoms with Crippen molar-refractivity contribution < 1.29 is 4.79 Å². The van der Waals surface area contributed by atoms with Crippen LogP contribution in [-0.2, 0) is 11.3 Å². The Kier molecular flexibility index (Phi) is 5.40. The van der Waals surface area contributed by atoms with Crippen molar-refractivity contribution >= 4 is 5.91 Å². The largest absolute Gasteiger partial charge is 0.351 e. The molecular weight excluding hydrogens is 236 g/mol. The van der Waals surface area contributed by atoms with E-state index in [1.54, 1.807) is 0 Å². The number of benzene rings is 1. The Morgan fingerprint density at radius 2 is 1.84 bits per heavy atom. The zero-order valence-corrected chi connectivity index (χ0v) is 11.7. The lowest BCUT2D eigenvalue weighted by molar-refractivity contribution is -0.120. The predicted octanol–water partition coefficient (Wildman–Crippen LogP) is 2.47. The molecule has 1 aromatic carbocycles. The molecule has 1 saturated carbocycles. The molecule has 0 saturated heterocycles. The fourth-order valence-corrected chi connectivity index (χ4v) is 2.56. The van der Waals surface area contributed by atoms with E-state index in [1.165, 1.54) is 25.7 Å². The molecule has 1 fully saturated rings. The molecule has 0 heterocycles. The Labute approximate surface area is 115 Å². The Morgan fingerprint density at radius 3 is 2.53 bits per heavy atom. The van der Waals surface area contributed by atoms with Gasteiger partial charge in [-0.2, -0.15) is 0 Å². The summed E-state index contributed by atoms with van der Waals surface area (Å²) in [4.78, 5) is 11.7. The lowest BCUT2D eigenvalue weighted by atomic mass is 9.87. The summed E-state index contributed by atoms with van der Waals surface area (Å²) in [7, 11) is 0. The van der Waals surface area contributed by atoms with Crippen LogP contribution in [0.3, 0.4) is 0 Å². The molecule has 0 unspecified atom stereocenters. The molecule has 2 N–H and O–H groups in total. The molecule has 3 nitrogen and oxygen atoms in total. The van der Waals surface area contributed by atoms with Crippen molar-refractivity contribution in [1.29, 1.82) is 0 Å². The van der Waals surface area contributed by atoms with Gasteiger partial charge < -0.3 is 10.6 Å². The van der Waals surface area contributed by atoms with Gasteiger partial charge in [-0.25, -0.2) is 0 Å². The molecule has 0 aromatic heterocycles. The monoisotopic (exact) mass is 260 g/mol. The minimum Gasteiger partial charge on any atom is -0.351 e. The number of carbonyl (C=O) groups is 1. The Morgan fingerprint density at radius 1 is 1.16 bits per heavy atom. The summed E-state index contributed by atoms with van der Waals surface area (Å²) in [6.07, 6.45) is 4.97. The quantitative estimate of drug-likeness (QED) is 0.854. The molecule has 3 heteroatoms. The van der Waals surface area contributed by atoms with Crippen molar-refractivity contribution in [3.05, 3.63) is 35.9 Å². The topological polar surface area (TPSA) is 41.1 Å². The van der Waals surface area contributed by atoms with E-state index in [1.807, 2.05) is 30.3 Å². The van der Waals surface area contributed by atoms with E-state index in [0.717, 1.165) is 11.5 Å². The third-order valence-electron chi connectivity index (χ3n) is 3.90. The van der Waals surface area contributed by atoms with Crippen LogP contribution in [0.1, 0.15) is 38.2 Å². The molecule has 104 valence electrons. The van der Waals surface area contributed by atoms with Crippen molar-refractivity contribution in [2.24, 2.45) is 5.92 Å². The van der Waals surface area contributed by atoms with Gasteiger partial charge in [-0.1, -0.05) is 37.3 Å². The highest BCUT2D eigenvalue weighted by Gasteiger charge is 2.18. The molecule has 0 bridgehead atoms. The molecule has 1 amide bonds. The Balaban J connectivity index is 1.62. The third kappa shape index (κ3) is 5.03. The van der Waals surface area contributed by atoms with E-state index in [9.17, 15) is 4.79 Å². The minimum absolute atomic E-state index is 0.0856. The van der Waals surface area contributed by atoms with Gasteiger partial charge in [0.1, 0.15) is 0 Å². The van der Waals surface area contributed by atoms with Crippen LogP contribution in [0.5, 0.6) is 0 Å². The van der Waals surface area contributed by atoms with Crippen molar-refractivity contribution in [3.8, 4) is 0 Å². The average molecular weight is 260 g/mol. The summed E-state index contributed by atoms with van der Waals surface area (Å²) >= 11 is 0. The molecule has 0 aliphatic heterocycles. The van der Waals surface area contributed by atoms with Crippen molar-refractivity contribution in [2.75, 3.05) is 6.54 Å². The molecule has 0 radical (unpaired) electrons. The van der Waals surface area contributed by atoms with E-state index in [0.29, 0.717) is 19.1 Å². The van der Waals surface area contributed by atoms with E-state index in [-0.39, 0.29) is 5.91 Å². The van der Waals surface area contributed by atoms with E-state index in [2.05, 4.69) is 17.6 Å². The number of amides is 1. The molecule has 0 spiro atoms. The Hall–Kier alpha value is -1.35. The number of nitrogens with one attached hydrogen (secondary N) is 2. The highest BCUT2D eigenvalue weighted by Crippen LogP contribution is 2.23. The highest BCUT2D eigenvalue weighted by molar-refractivity contribution is 5.78. The summed E-state index contributed by atoms with van der Waals surface area (Å²) in [6, 6.07) is 10.5. The third-order valence-corrected chi connectivity index (χ3v) is 3.90. The fraction of sp³-hybridized carbons (Fsp3) is 0.562. The maximum atomic E-state index is 11.7. The minimum atomic E-state index is 0.0856. The molecule has 1 aliphatic rings. The SMILES string of the molecule is CC1CCC(NCC(=O)NCc2ccccc2)CC1. The van der Waals surface area contributed by atoms with E-state index in [4.69, 9.17) is 0 Å². The second-order valence-electron chi connectivity index (χ2n) is 5.60. The molecule has 2 rings (SSSR count). The standard InChI is InChI=1S/C16H24N2O/c1-13-7-9-15(10-8-13)17-12-16(19)18-11-14-5-3-2-4-6-14/h2-6,13,15,17H,7-12H2,1H3,(H,18,19). The second-order valence-corrected chi connectivity index (χ2v) is 5.60. The van der Waals surface area contributed by atoms with Crippen LogP contribution in [0.4, 0.5) is 0 Å². The first kappa shape index (κ1) is 14.1. The lowest BCUT2D eigenvalue weighted by Gasteiger charge is -2.26. The smallest absolute Gasteiger partial charge is 0.234 e. The zero-order chi connectivity index (χ0) is 13.5. The first-order valence-corrected chi connectivity index (χ1v) is 7.28. The van der Waals surface area contributed by atoms with E-state index < -0.39 is 0 Å². The first-order valence-electron chi connectivity index (χ1n) is 7.28. The van der Waals surface area contributed by atoms with Crippen LogP contribution in [0.25, 0.3) is 0 Å². The number of hydrogen-bond acceptors (Lipinski definition) is 2. The molecule has 19 heavy (non-hydrogen) atoms. The number of hydrogen-bond donors (Lipinski definition) is 2.